The maximum atomic E-state index is 10.3. The van der Waals surface area contributed by atoms with E-state index in [-0.39, 0.29) is 13.2 Å². The number of hydrogen-bond donors (Lipinski definition) is 2. The number of aliphatic hydroxyl groups is 1. The first-order valence-corrected chi connectivity index (χ1v) is 9.46. The minimum Gasteiger partial charge on any atom is -0.382 e. The van der Waals surface area contributed by atoms with E-state index in [9.17, 15) is 5.11 Å². The summed E-state index contributed by atoms with van der Waals surface area (Å²) >= 11 is 0. The molecule has 11 heteroatoms. The van der Waals surface area contributed by atoms with Crippen LogP contribution in [0.25, 0.3) is 0 Å². The van der Waals surface area contributed by atoms with Crippen LogP contribution < -0.4 is 5.73 Å². The van der Waals surface area contributed by atoms with Crippen LogP contribution in [0.5, 0.6) is 0 Å². The van der Waals surface area contributed by atoms with Gasteiger partial charge in [0.15, 0.2) is 12.6 Å². The van der Waals surface area contributed by atoms with Crippen molar-refractivity contribution in [2.75, 3.05) is 55.9 Å². The summed E-state index contributed by atoms with van der Waals surface area (Å²) in [7, 11) is 9.27. The monoisotopic (exact) mass is 425 g/mol. The summed E-state index contributed by atoms with van der Waals surface area (Å²) in [5.74, 6) is 0. The number of nitrogens with two attached hydrogens (primary N) is 1. The Kier molecular flexibility index (Phi) is 10.1. The van der Waals surface area contributed by atoms with Crippen molar-refractivity contribution in [3.05, 3.63) is 0 Å². The van der Waals surface area contributed by atoms with Gasteiger partial charge >= 0.3 is 0 Å². The number of methoxy groups -OCH3 is 6. The Morgan fingerprint density at radius 3 is 1.66 bits per heavy atom. The summed E-state index contributed by atoms with van der Waals surface area (Å²) in [5, 5.41) is 10.3. The molecule has 0 aromatic rings. The van der Waals surface area contributed by atoms with Gasteiger partial charge in [0.05, 0.1) is 19.3 Å². The van der Waals surface area contributed by atoms with Crippen LogP contribution in [0.4, 0.5) is 0 Å². The maximum Gasteiger partial charge on any atom is 0.187 e. The molecule has 2 saturated heterocycles. The molecule has 0 amide bonds. The molecule has 0 bridgehead atoms. The molecule has 0 saturated carbocycles. The highest BCUT2D eigenvalue weighted by atomic mass is 16.7. The van der Waals surface area contributed by atoms with Gasteiger partial charge in [-0.1, -0.05) is 0 Å². The van der Waals surface area contributed by atoms with Crippen LogP contribution in [-0.2, 0) is 42.6 Å². The van der Waals surface area contributed by atoms with Gasteiger partial charge in [0.2, 0.25) is 0 Å². The molecule has 2 rings (SSSR count). The van der Waals surface area contributed by atoms with Crippen molar-refractivity contribution in [3.63, 3.8) is 0 Å². The molecule has 10 atom stereocenters. The summed E-state index contributed by atoms with van der Waals surface area (Å²) < 4.78 is 50.6. The molecule has 29 heavy (non-hydrogen) atoms. The number of aliphatic hydroxyl groups excluding tert-OH is 1. The Balaban J connectivity index is 2.26. The van der Waals surface area contributed by atoms with Crippen LogP contribution in [0.1, 0.15) is 0 Å². The van der Waals surface area contributed by atoms with Crippen LogP contribution >= 0.6 is 0 Å². The summed E-state index contributed by atoms with van der Waals surface area (Å²) in [5.41, 5.74) is 6.17. The molecule has 172 valence electrons. The van der Waals surface area contributed by atoms with E-state index in [0.29, 0.717) is 0 Å². The molecule has 11 nitrogen and oxygen atoms in total. The molecule has 7 unspecified atom stereocenters. The molecular formula is C18H35NO10. The predicted octanol–water partition coefficient (Wildman–Crippen LogP) is -1.51. The summed E-state index contributed by atoms with van der Waals surface area (Å²) in [6.45, 7) is 0.456. The van der Waals surface area contributed by atoms with Gasteiger partial charge < -0.3 is 53.5 Å². The molecule has 0 spiro atoms. The molecule has 2 heterocycles. The third-order valence-corrected chi connectivity index (χ3v) is 5.35. The SMILES string of the molecule is COCC1OC(OC2C(N)[C@H](O)OC(COC)[C@@H]2OC)C(OC)C(OC)[C@@H]1OC. The first kappa shape index (κ1) is 24.8. The fourth-order valence-electron chi connectivity index (χ4n) is 3.94. The highest BCUT2D eigenvalue weighted by Crippen LogP contribution is 2.32. The lowest BCUT2D eigenvalue weighted by molar-refractivity contribution is -0.348. The van der Waals surface area contributed by atoms with E-state index >= 15 is 0 Å². The van der Waals surface area contributed by atoms with E-state index in [1.807, 2.05) is 0 Å². The Labute approximate surface area is 171 Å². The van der Waals surface area contributed by atoms with Gasteiger partial charge in [-0.3, -0.25) is 0 Å². The second kappa shape index (κ2) is 11.8. The maximum absolute atomic E-state index is 10.3. The smallest absolute Gasteiger partial charge is 0.187 e. The largest absolute Gasteiger partial charge is 0.382 e. The van der Waals surface area contributed by atoms with E-state index in [1.54, 1.807) is 21.3 Å². The highest BCUT2D eigenvalue weighted by molar-refractivity contribution is 4.97. The zero-order valence-electron chi connectivity index (χ0n) is 17.9. The predicted molar refractivity (Wildman–Crippen MR) is 99.3 cm³/mol. The van der Waals surface area contributed by atoms with Gasteiger partial charge in [0.1, 0.15) is 42.7 Å². The van der Waals surface area contributed by atoms with E-state index in [2.05, 4.69) is 0 Å². The lowest BCUT2D eigenvalue weighted by Gasteiger charge is -2.48. The van der Waals surface area contributed by atoms with E-state index in [0.717, 1.165) is 0 Å². The van der Waals surface area contributed by atoms with Gasteiger partial charge in [0, 0.05) is 42.7 Å². The van der Waals surface area contributed by atoms with Crippen molar-refractivity contribution < 1.29 is 47.7 Å². The fourth-order valence-corrected chi connectivity index (χ4v) is 3.94. The minimum absolute atomic E-state index is 0.195. The summed E-state index contributed by atoms with van der Waals surface area (Å²) in [6.07, 6.45) is -6.07. The van der Waals surface area contributed by atoms with Crippen LogP contribution in [0.3, 0.4) is 0 Å². The lowest BCUT2D eigenvalue weighted by Crippen LogP contribution is -2.67. The molecule has 0 aliphatic carbocycles. The van der Waals surface area contributed by atoms with Crippen molar-refractivity contribution in [1.82, 2.24) is 0 Å². The Morgan fingerprint density at radius 1 is 0.690 bits per heavy atom. The van der Waals surface area contributed by atoms with Gasteiger partial charge in [0.25, 0.3) is 0 Å². The quantitative estimate of drug-likeness (QED) is 0.424. The van der Waals surface area contributed by atoms with Gasteiger partial charge in [-0.25, -0.2) is 0 Å². The minimum atomic E-state index is -1.25. The molecule has 2 aliphatic rings. The molecular weight excluding hydrogens is 390 g/mol. The van der Waals surface area contributed by atoms with Crippen molar-refractivity contribution in [3.8, 4) is 0 Å². The summed E-state index contributed by atoms with van der Waals surface area (Å²) in [4.78, 5) is 0. The average Bonchev–Trinajstić information content (AvgIpc) is 2.71. The van der Waals surface area contributed by atoms with Crippen molar-refractivity contribution >= 4 is 0 Å². The zero-order chi connectivity index (χ0) is 21.6. The molecule has 2 fully saturated rings. The van der Waals surface area contributed by atoms with Crippen LogP contribution in [0.2, 0.25) is 0 Å². The third kappa shape index (κ3) is 5.43. The fraction of sp³-hybridized carbons (Fsp3) is 1.00. The number of ether oxygens (including phenoxy) is 9. The zero-order valence-corrected chi connectivity index (χ0v) is 17.9. The van der Waals surface area contributed by atoms with E-state index in [4.69, 9.17) is 48.4 Å². The number of hydrogen-bond acceptors (Lipinski definition) is 11. The Morgan fingerprint density at radius 2 is 1.17 bits per heavy atom. The van der Waals surface area contributed by atoms with Crippen LogP contribution in [-0.4, -0.2) is 122 Å². The Bertz CT molecular complexity index is 472. The molecule has 2 aliphatic heterocycles. The highest BCUT2D eigenvalue weighted by Gasteiger charge is 2.52. The van der Waals surface area contributed by atoms with Crippen LogP contribution in [0, 0.1) is 0 Å². The first-order chi connectivity index (χ1) is 14.0. The van der Waals surface area contributed by atoms with Crippen LogP contribution in [0.15, 0.2) is 0 Å². The summed E-state index contributed by atoms with van der Waals surface area (Å²) in [6, 6.07) is -0.879. The van der Waals surface area contributed by atoms with Gasteiger partial charge in [-0.15, -0.1) is 0 Å². The Hall–Kier alpha value is -0.440. The van der Waals surface area contributed by atoms with Gasteiger partial charge in [-0.05, 0) is 0 Å². The van der Waals surface area contributed by atoms with E-state index in [1.165, 1.54) is 21.3 Å². The standard InChI is InChI=1S/C18H35NO10/c1-21-7-9-12(23-3)14(11(19)17(20)27-9)29-18-16(26-6)15(25-5)13(24-4)10(28-18)8-22-2/h9-18,20H,7-8,19H2,1-6H3/t9?,10?,11?,12-,13+,14?,15?,16?,17+,18?/m0/s1. The third-order valence-electron chi connectivity index (χ3n) is 5.35. The average molecular weight is 425 g/mol. The number of rotatable bonds is 10. The van der Waals surface area contributed by atoms with E-state index < -0.39 is 61.3 Å². The second-order valence-corrected chi connectivity index (χ2v) is 7.00. The molecule has 0 aromatic carbocycles. The van der Waals surface area contributed by atoms with Crippen molar-refractivity contribution in [2.24, 2.45) is 5.73 Å². The lowest BCUT2D eigenvalue weighted by atomic mass is 9.95. The molecule has 3 N–H and O–H groups in total. The second-order valence-electron chi connectivity index (χ2n) is 7.00. The van der Waals surface area contributed by atoms with Crippen molar-refractivity contribution in [2.45, 2.75) is 61.3 Å². The molecule has 0 aromatic heterocycles. The van der Waals surface area contributed by atoms with Crippen molar-refractivity contribution in [1.29, 1.82) is 0 Å². The molecule has 0 radical (unpaired) electrons. The topological polar surface area (TPSA) is 129 Å². The normalized spacial score (nSPS) is 43.4. The first-order valence-electron chi connectivity index (χ1n) is 9.46. The van der Waals surface area contributed by atoms with Gasteiger partial charge in [-0.2, -0.15) is 0 Å².